The summed E-state index contributed by atoms with van der Waals surface area (Å²) in [5.74, 6) is -0.345. The van der Waals surface area contributed by atoms with E-state index in [-0.39, 0.29) is 17.3 Å². The molecule has 5 nitrogen and oxygen atoms in total. The zero-order valence-electron chi connectivity index (χ0n) is 15.2. The number of unbranched alkanes of at least 4 members (excludes halogenated alkanes) is 2. The van der Waals surface area contributed by atoms with Crippen LogP contribution in [0.25, 0.3) is 0 Å². The minimum Gasteiger partial charge on any atom is -0.389 e. The number of rotatable bonds is 13. The Balaban J connectivity index is 0. The van der Waals surface area contributed by atoms with Crippen LogP contribution in [-0.2, 0) is 4.79 Å². The van der Waals surface area contributed by atoms with Crippen molar-refractivity contribution in [1.29, 1.82) is 0 Å². The Labute approximate surface area is 141 Å². The van der Waals surface area contributed by atoms with Gasteiger partial charge in [-0.25, -0.2) is 0 Å². The van der Waals surface area contributed by atoms with Gasteiger partial charge in [0.2, 0.25) is 0 Å². The number of carbonyl (C=O) groups is 1. The molecule has 4 atom stereocenters. The molecule has 0 bridgehead atoms. The van der Waals surface area contributed by atoms with Gasteiger partial charge in [0.05, 0.1) is 12.2 Å². The number of hydrogen-bond acceptors (Lipinski definition) is 4. The van der Waals surface area contributed by atoms with Crippen LogP contribution in [0, 0.1) is 11.8 Å². The van der Waals surface area contributed by atoms with Crippen molar-refractivity contribution in [2.45, 2.75) is 96.9 Å². The van der Waals surface area contributed by atoms with Gasteiger partial charge in [0.1, 0.15) is 0 Å². The first-order valence-electron chi connectivity index (χ1n) is 8.97. The molecule has 23 heavy (non-hydrogen) atoms. The number of aldehydes is 1. The van der Waals surface area contributed by atoms with Crippen molar-refractivity contribution in [3.63, 3.8) is 0 Å². The van der Waals surface area contributed by atoms with Crippen LogP contribution in [0.3, 0.4) is 0 Å². The van der Waals surface area contributed by atoms with Gasteiger partial charge in [0, 0.05) is 0 Å². The second-order valence-electron chi connectivity index (χ2n) is 6.52. The fourth-order valence-electron chi connectivity index (χ4n) is 3.17. The molecule has 5 heteroatoms. The van der Waals surface area contributed by atoms with Gasteiger partial charge in [-0.05, 0) is 24.7 Å². The van der Waals surface area contributed by atoms with Crippen LogP contribution in [-0.4, -0.2) is 44.9 Å². The molecule has 0 heterocycles. The van der Waals surface area contributed by atoms with Crippen molar-refractivity contribution in [3.05, 3.63) is 0 Å². The second-order valence-corrected chi connectivity index (χ2v) is 6.52. The van der Waals surface area contributed by atoms with Crippen LogP contribution in [0.1, 0.15) is 79.1 Å². The Bertz CT molecular complexity index is 273. The van der Waals surface area contributed by atoms with E-state index in [9.17, 15) is 20.1 Å². The first-order valence-corrected chi connectivity index (χ1v) is 8.97. The molecular formula is C18H37O5. The topological polar surface area (TPSA) is 108 Å². The molecule has 0 aliphatic rings. The summed E-state index contributed by atoms with van der Waals surface area (Å²) in [7, 11) is 0. The Morgan fingerprint density at radius 2 is 1.22 bits per heavy atom. The highest BCUT2D eigenvalue weighted by atomic mass is 16.4. The summed E-state index contributed by atoms with van der Waals surface area (Å²) in [5.41, 5.74) is -2.07. The number of aliphatic hydroxyl groups is 3. The van der Waals surface area contributed by atoms with E-state index in [1.807, 2.05) is 13.8 Å². The van der Waals surface area contributed by atoms with Gasteiger partial charge in [-0.3, -0.25) is 10.3 Å². The molecule has 0 aromatic carbocycles. The van der Waals surface area contributed by atoms with E-state index in [2.05, 4.69) is 13.8 Å². The fourth-order valence-corrected chi connectivity index (χ4v) is 3.17. The highest BCUT2D eigenvalue weighted by Crippen LogP contribution is 2.32. The van der Waals surface area contributed by atoms with E-state index in [0.717, 1.165) is 38.5 Å². The fraction of sp³-hybridized carbons (Fsp3) is 0.944. The summed E-state index contributed by atoms with van der Waals surface area (Å²) >= 11 is 0. The highest BCUT2D eigenvalue weighted by Gasteiger charge is 2.47. The zero-order chi connectivity index (χ0) is 17.2. The van der Waals surface area contributed by atoms with Gasteiger partial charge in [-0.1, -0.05) is 66.2 Å². The molecule has 0 saturated carbocycles. The molecule has 0 aliphatic heterocycles. The summed E-state index contributed by atoms with van der Waals surface area (Å²) < 4.78 is 0. The van der Waals surface area contributed by atoms with Gasteiger partial charge in [-0.2, -0.15) is 0 Å². The quantitative estimate of drug-likeness (QED) is 0.389. The Morgan fingerprint density at radius 3 is 1.43 bits per heavy atom. The van der Waals surface area contributed by atoms with E-state index in [1.54, 1.807) is 0 Å². The maximum Gasteiger partial charge on any atom is 0.172 e. The van der Waals surface area contributed by atoms with E-state index in [0.29, 0.717) is 19.1 Å². The van der Waals surface area contributed by atoms with Gasteiger partial charge < -0.3 is 15.3 Å². The molecule has 0 saturated heterocycles. The predicted octanol–water partition coefficient (Wildman–Crippen LogP) is 2.89. The van der Waals surface area contributed by atoms with Crippen molar-refractivity contribution in [2.24, 2.45) is 11.8 Å². The molecule has 0 aliphatic carbocycles. The molecular weight excluding hydrogens is 296 g/mol. The third kappa shape index (κ3) is 6.87. The summed E-state index contributed by atoms with van der Waals surface area (Å²) in [6, 6.07) is 0. The molecule has 0 aromatic rings. The smallest absolute Gasteiger partial charge is 0.172 e. The van der Waals surface area contributed by atoms with Crippen molar-refractivity contribution < 1.29 is 25.6 Å². The summed E-state index contributed by atoms with van der Waals surface area (Å²) in [4.78, 5) is 11.5. The summed E-state index contributed by atoms with van der Waals surface area (Å²) in [6.07, 6.45) is 4.65. The first-order chi connectivity index (χ1) is 10.4. The standard InChI is InChI=1S/C18H36O4.HO/c1-5-9-11-14(7-3)16(20)18(22,13-19)17(21)15(8-4)12-10-6-2;/h13-17,20-22H,5-12H2,1-4H3;1H. The van der Waals surface area contributed by atoms with Crippen molar-refractivity contribution in [2.75, 3.05) is 0 Å². The molecule has 4 unspecified atom stereocenters. The molecule has 1 radical (unpaired) electrons. The van der Waals surface area contributed by atoms with Crippen molar-refractivity contribution in [1.82, 2.24) is 0 Å². The maximum absolute atomic E-state index is 11.5. The lowest BCUT2D eigenvalue weighted by Crippen LogP contribution is -2.58. The van der Waals surface area contributed by atoms with E-state index in [4.69, 9.17) is 0 Å². The largest absolute Gasteiger partial charge is 0.389 e. The second kappa shape index (κ2) is 12.9. The first kappa shape index (κ1) is 24.8. The van der Waals surface area contributed by atoms with E-state index < -0.39 is 17.8 Å². The third-order valence-electron chi connectivity index (χ3n) is 4.94. The lowest BCUT2D eigenvalue weighted by atomic mass is 9.75. The molecule has 0 fully saturated rings. The van der Waals surface area contributed by atoms with Crippen LogP contribution < -0.4 is 0 Å². The van der Waals surface area contributed by atoms with E-state index >= 15 is 0 Å². The minimum atomic E-state index is -2.07. The molecule has 139 valence electrons. The SMILES string of the molecule is CCCCC(CC)C(O)C(O)(C=O)C(O)C(CC)CCCC.[OH]. The Kier molecular flexibility index (Phi) is 13.9. The van der Waals surface area contributed by atoms with E-state index in [1.165, 1.54) is 0 Å². The van der Waals surface area contributed by atoms with Gasteiger partial charge in [0.15, 0.2) is 11.9 Å². The summed E-state index contributed by atoms with van der Waals surface area (Å²) in [5, 5.41) is 31.8. The van der Waals surface area contributed by atoms with Gasteiger partial charge in [-0.15, -0.1) is 0 Å². The number of hydrogen-bond donors (Lipinski definition) is 4. The van der Waals surface area contributed by atoms with Crippen LogP contribution in [0.15, 0.2) is 0 Å². The Hall–Kier alpha value is -0.490. The molecule has 0 spiro atoms. The number of carbonyl (C=O) groups excluding carboxylic acids is 1. The maximum atomic E-state index is 11.5. The third-order valence-corrected chi connectivity index (χ3v) is 4.94. The normalized spacial score (nSPS) is 19.1. The lowest BCUT2D eigenvalue weighted by molar-refractivity contribution is -0.179. The number of aliphatic hydroxyl groups excluding tert-OH is 2. The lowest BCUT2D eigenvalue weighted by Gasteiger charge is -2.39. The summed E-state index contributed by atoms with van der Waals surface area (Å²) in [6.45, 7) is 8.01. The highest BCUT2D eigenvalue weighted by molar-refractivity contribution is 5.64. The van der Waals surface area contributed by atoms with Crippen LogP contribution in [0.2, 0.25) is 0 Å². The molecule has 0 rings (SSSR count). The van der Waals surface area contributed by atoms with Crippen LogP contribution in [0.4, 0.5) is 0 Å². The Morgan fingerprint density at radius 1 is 0.870 bits per heavy atom. The van der Waals surface area contributed by atoms with Gasteiger partial charge >= 0.3 is 0 Å². The monoisotopic (exact) mass is 333 g/mol. The average Bonchev–Trinajstić information content (AvgIpc) is 2.54. The molecule has 0 amide bonds. The molecule has 0 aromatic heterocycles. The molecule has 4 N–H and O–H groups in total. The zero-order valence-corrected chi connectivity index (χ0v) is 15.2. The van der Waals surface area contributed by atoms with Gasteiger partial charge in [0.25, 0.3) is 0 Å². The van der Waals surface area contributed by atoms with Crippen molar-refractivity contribution >= 4 is 6.29 Å². The average molecular weight is 333 g/mol. The van der Waals surface area contributed by atoms with Crippen LogP contribution in [0.5, 0.6) is 0 Å². The van der Waals surface area contributed by atoms with Crippen LogP contribution >= 0.6 is 0 Å². The van der Waals surface area contributed by atoms with Crippen molar-refractivity contribution in [3.8, 4) is 0 Å². The minimum absolute atomic E-state index is 0. The predicted molar refractivity (Wildman–Crippen MR) is 91.6 cm³/mol.